The summed E-state index contributed by atoms with van der Waals surface area (Å²) in [5, 5.41) is 26.3. The number of nitrogens with zero attached hydrogens (tertiary/aromatic N) is 2. The van der Waals surface area contributed by atoms with E-state index in [9.17, 15) is 19.8 Å². The van der Waals surface area contributed by atoms with Crippen LogP contribution in [0.4, 0.5) is 0 Å². The van der Waals surface area contributed by atoms with Gasteiger partial charge in [-0.3, -0.25) is 9.59 Å². The summed E-state index contributed by atoms with van der Waals surface area (Å²) in [7, 11) is 2.16. The van der Waals surface area contributed by atoms with Crippen molar-refractivity contribution in [2.24, 2.45) is 56.2 Å². The predicted octanol–water partition coefficient (Wildman–Crippen LogP) is 10.4. The number of aliphatic carboxylic acids is 1. The molecule has 7 nitrogen and oxygen atoms in total. The molecule has 1 unspecified atom stereocenters. The Morgan fingerprint density at radius 2 is 1.61 bits per heavy atom. The van der Waals surface area contributed by atoms with E-state index in [1.807, 2.05) is 12.1 Å². The molecule has 1 aliphatic heterocycles. The van der Waals surface area contributed by atoms with Crippen LogP contribution in [0, 0.1) is 56.2 Å². The van der Waals surface area contributed by atoms with Crippen molar-refractivity contribution in [3.63, 3.8) is 0 Å². The van der Waals surface area contributed by atoms with E-state index in [0.717, 1.165) is 49.1 Å². The zero-order valence-electron chi connectivity index (χ0n) is 34.7. The summed E-state index contributed by atoms with van der Waals surface area (Å²) >= 11 is 6.21. The van der Waals surface area contributed by atoms with Crippen LogP contribution in [-0.2, 0) is 20.9 Å². The molecule has 7 rings (SSSR count). The molecule has 0 saturated heterocycles. The topological polar surface area (TPSA) is 90.3 Å². The second-order valence-electron chi connectivity index (χ2n) is 20.7. The molecule has 298 valence electrons. The number of fused-ring (bicyclic) bond motifs is 7. The van der Waals surface area contributed by atoms with Gasteiger partial charge in [0.2, 0.25) is 0 Å². The van der Waals surface area contributed by atoms with Crippen molar-refractivity contribution >= 4 is 23.5 Å². The Balaban J connectivity index is 1.17. The number of benzene rings is 1. The monoisotopic (exact) mass is 762 g/mol. The molecule has 1 heterocycles. The van der Waals surface area contributed by atoms with Gasteiger partial charge in [-0.2, -0.15) is 5.01 Å². The molecule has 1 aromatic rings. The number of hydrogen-bond acceptors (Lipinski definition) is 6. The number of hydrogen-bond donors (Lipinski definition) is 2. The summed E-state index contributed by atoms with van der Waals surface area (Å²) in [4.78, 5) is 24.9. The highest BCUT2D eigenvalue weighted by atomic mass is 35.5. The second-order valence-corrected chi connectivity index (χ2v) is 21.1. The number of aliphatic hydroxyl groups excluding tert-OH is 1. The number of hydrazine groups is 1. The molecule has 6 aliphatic rings. The summed E-state index contributed by atoms with van der Waals surface area (Å²) in [6.07, 6.45) is 12.3. The van der Waals surface area contributed by atoms with Crippen molar-refractivity contribution in [3.8, 4) is 0 Å². The number of ether oxygens (including phenoxy) is 1. The average molecular weight is 764 g/mol. The van der Waals surface area contributed by atoms with Crippen molar-refractivity contribution in [3.05, 3.63) is 57.8 Å². The summed E-state index contributed by atoms with van der Waals surface area (Å²) in [5.74, 6) is 0.636. The van der Waals surface area contributed by atoms with Gasteiger partial charge >= 0.3 is 11.9 Å². The van der Waals surface area contributed by atoms with Gasteiger partial charge in [-0.25, -0.2) is 0 Å². The number of carbonyl (C=O) groups is 2. The van der Waals surface area contributed by atoms with Crippen molar-refractivity contribution in [2.45, 2.75) is 152 Å². The van der Waals surface area contributed by atoms with Crippen LogP contribution in [0.25, 0.3) is 0 Å². The van der Waals surface area contributed by atoms with E-state index in [1.165, 1.54) is 31.4 Å². The Hall–Kier alpha value is -2.35. The van der Waals surface area contributed by atoms with Gasteiger partial charge in [0.25, 0.3) is 0 Å². The Labute approximate surface area is 329 Å². The zero-order valence-corrected chi connectivity index (χ0v) is 35.5. The van der Waals surface area contributed by atoms with E-state index in [-0.39, 0.29) is 39.6 Å². The molecule has 4 fully saturated rings. The molecule has 54 heavy (non-hydrogen) atoms. The van der Waals surface area contributed by atoms with Crippen molar-refractivity contribution in [1.29, 1.82) is 0 Å². The molecular weight excluding hydrogens is 696 g/mol. The van der Waals surface area contributed by atoms with Crippen LogP contribution in [-0.4, -0.2) is 51.5 Å². The third-order valence-corrected chi connectivity index (χ3v) is 17.4. The van der Waals surface area contributed by atoms with Gasteiger partial charge in [-0.1, -0.05) is 83.3 Å². The molecule has 0 amide bonds. The first-order valence-corrected chi connectivity index (χ1v) is 21.3. The maximum absolute atomic E-state index is 13.2. The highest BCUT2D eigenvalue weighted by Crippen LogP contribution is 2.77. The number of carboxylic acids is 1. The minimum absolute atomic E-state index is 0.0578. The van der Waals surface area contributed by atoms with Gasteiger partial charge in [0, 0.05) is 35.1 Å². The van der Waals surface area contributed by atoms with E-state index in [1.54, 1.807) is 25.0 Å². The average Bonchev–Trinajstić information content (AvgIpc) is 3.61. The van der Waals surface area contributed by atoms with E-state index in [0.29, 0.717) is 30.2 Å². The molecular formula is C46H67ClN2O5. The van der Waals surface area contributed by atoms with Crippen LogP contribution >= 0.6 is 11.6 Å². The van der Waals surface area contributed by atoms with Crippen LogP contribution in [0.1, 0.15) is 139 Å². The zero-order chi connectivity index (χ0) is 39.4. The van der Waals surface area contributed by atoms with Crippen LogP contribution in [0.5, 0.6) is 0 Å². The number of rotatable bonds is 8. The smallest absolute Gasteiger partial charge is 0.309 e. The fourth-order valence-corrected chi connectivity index (χ4v) is 14.1. The normalized spacial score (nSPS) is 39.1. The standard InChI is InChI=1S/C46H67ClN2O5/c1-28(2)31-17-22-46(35-25-37(50)49(48(35)10)27-29-11-13-30(47)14-12-29)24-23-44(8)32(39(31)46)15-16-34-43(7)20-19-36(54-38(51)26-41(3,4)40(52)53)42(5,6)33(43)18-21-45(34,44)9/h11-14,25,28,32-34,36-37,50H,15-24,26-27H2,1-10H3,(H,52,53)/t32?,33-,34+,36-,37-,43-,44+,45+,46+/m0/s1. The Kier molecular flexibility index (Phi) is 9.87. The molecule has 0 aromatic heterocycles. The molecule has 0 spiro atoms. The predicted molar refractivity (Wildman–Crippen MR) is 214 cm³/mol. The lowest BCUT2D eigenvalue weighted by Crippen LogP contribution is -2.66. The first-order chi connectivity index (χ1) is 25.1. The van der Waals surface area contributed by atoms with Crippen molar-refractivity contribution < 1.29 is 24.5 Å². The van der Waals surface area contributed by atoms with Gasteiger partial charge in [-0.15, -0.1) is 0 Å². The van der Waals surface area contributed by atoms with E-state index in [4.69, 9.17) is 16.3 Å². The Morgan fingerprint density at radius 3 is 2.26 bits per heavy atom. The molecule has 2 N–H and O–H groups in total. The highest BCUT2D eigenvalue weighted by Gasteiger charge is 2.70. The summed E-state index contributed by atoms with van der Waals surface area (Å²) in [5.41, 5.74) is 4.87. The summed E-state index contributed by atoms with van der Waals surface area (Å²) in [6, 6.07) is 7.97. The lowest BCUT2D eigenvalue weighted by atomic mass is 9.33. The molecule has 8 heteroatoms. The molecule has 0 bridgehead atoms. The first-order valence-electron chi connectivity index (χ1n) is 20.9. The second kappa shape index (κ2) is 13.4. The molecule has 5 aliphatic carbocycles. The number of halogens is 1. The lowest BCUT2D eigenvalue weighted by molar-refractivity contribution is -0.233. The van der Waals surface area contributed by atoms with Gasteiger partial charge < -0.3 is 20.0 Å². The van der Waals surface area contributed by atoms with Crippen LogP contribution in [0.15, 0.2) is 47.2 Å². The molecule has 4 saturated carbocycles. The summed E-state index contributed by atoms with van der Waals surface area (Å²) < 4.78 is 6.21. The SMILES string of the molecule is CC(C)C1=C2C3CC[C@@H]4[C@@]5(C)CC[C@H](OC(=O)CC(C)(C)C(=O)O)C(C)(C)[C@@H]5CC[C@@]4(C)[C@]3(C)CC[C@@]2(C2=C[C@H](O)N(Cc3ccc(Cl)cc3)N2C)CC1. The highest BCUT2D eigenvalue weighted by molar-refractivity contribution is 6.30. The minimum atomic E-state index is -1.15. The largest absolute Gasteiger partial charge is 0.481 e. The van der Waals surface area contributed by atoms with Crippen molar-refractivity contribution in [1.82, 2.24) is 10.0 Å². The lowest BCUT2D eigenvalue weighted by Gasteiger charge is -2.72. The first kappa shape index (κ1) is 39.9. The van der Waals surface area contributed by atoms with Gasteiger partial charge in [-0.05, 0) is 142 Å². The minimum Gasteiger partial charge on any atom is -0.481 e. The molecule has 0 radical (unpaired) electrons. The van der Waals surface area contributed by atoms with Crippen LogP contribution in [0.3, 0.4) is 0 Å². The third-order valence-electron chi connectivity index (χ3n) is 17.1. The van der Waals surface area contributed by atoms with Crippen LogP contribution < -0.4 is 0 Å². The van der Waals surface area contributed by atoms with Gasteiger partial charge in [0.15, 0.2) is 0 Å². The Morgan fingerprint density at radius 1 is 0.926 bits per heavy atom. The van der Waals surface area contributed by atoms with E-state index >= 15 is 0 Å². The molecule has 9 atom stereocenters. The number of aliphatic hydroxyl groups is 1. The van der Waals surface area contributed by atoms with Gasteiger partial charge in [0.05, 0.1) is 11.8 Å². The van der Waals surface area contributed by atoms with Crippen molar-refractivity contribution in [2.75, 3.05) is 7.05 Å². The van der Waals surface area contributed by atoms with Gasteiger partial charge in [0.1, 0.15) is 12.3 Å². The molecule has 1 aromatic carbocycles. The fraction of sp³-hybridized carbons (Fsp3) is 0.739. The number of allylic oxidation sites excluding steroid dienone is 2. The summed E-state index contributed by atoms with van der Waals surface area (Å²) in [6.45, 7) is 21.2. The number of esters is 1. The maximum Gasteiger partial charge on any atom is 0.309 e. The van der Waals surface area contributed by atoms with E-state index in [2.05, 4.69) is 83.7 Å². The van der Waals surface area contributed by atoms with Crippen LogP contribution in [0.2, 0.25) is 5.02 Å². The Bertz CT molecular complexity index is 1730. The number of carboxylic acid groups (broad SMARTS) is 1. The quantitative estimate of drug-likeness (QED) is 0.201. The fourth-order valence-electron chi connectivity index (χ4n) is 14.0. The third kappa shape index (κ3) is 5.86. The number of carbonyl (C=O) groups excluding carboxylic acids is 1. The maximum atomic E-state index is 13.2. The van der Waals surface area contributed by atoms with E-state index < -0.39 is 23.6 Å².